The van der Waals surface area contributed by atoms with Crippen LogP contribution in [0.15, 0.2) is 186 Å². The smallest absolute Gasteiger partial charge is 0.0991 e. The highest BCUT2D eigenvalue weighted by Crippen LogP contribution is 2.64. The molecule has 0 bridgehead atoms. The van der Waals surface area contributed by atoms with Crippen molar-refractivity contribution >= 4 is 44.1 Å². The molecular formula is C50H29NS. The Kier molecular flexibility index (Phi) is 6.23. The summed E-state index contributed by atoms with van der Waals surface area (Å²) in [6.07, 6.45) is 0. The molecular weight excluding hydrogens is 647 g/mol. The van der Waals surface area contributed by atoms with Gasteiger partial charge in [0.1, 0.15) is 0 Å². The summed E-state index contributed by atoms with van der Waals surface area (Å²) in [7, 11) is 0. The molecule has 0 amide bonds. The number of hydrogen-bond donors (Lipinski definition) is 0. The monoisotopic (exact) mass is 675 g/mol. The number of fused-ring (bicyclic) bond motifs is 12. The van der Waals surface area contributed by atoms with Crippen LogP contribution in [0.3, 0.4) is 0 Å². The fraction of sp³-hybridized carbons (Fsp3) is 0.0200. The first kappa shape index (κ1) is 29.3. The molecule has 0 N–H and O–H groups in total. The van der Waals surface area contributed by atoms with Crippen molar-refractivity contribution < 1.29 is 0 Å². The quantitative estimate of drug-likeness (QED) is 0.170. The topological polar surface area (TPSA) is 23.8 Å². The van der Waals surface area contributed by atoms with Gasteiger partial charge in [-0.1, -0.05) is 169 Å². The molecule has 0 aromatic heterocycles. The van der Waals surface area contributed by atoms with E-state index in [0.29, 0.717) is 5.56 Å². The molecule has 1 nitrogen and oxygen atoms in total. The average molecular weight is 676 g/mol. The summed E-state index contributed by atoms with van der Waals surface area (Å²) < 4.78 is 0. The molecule has 1 aliphatic heterocycles. The summed E-state index contributed by atoms with van der Waals surface area (Å²) in [5.41, 5.74) is 12.5. The van der Waals surface area contributed by atoms with Gasteiger partial charge in [-0.05, 0) is 106 Å². The summed E-state index contributed by atoms with van der Waals surface area (Å²) in [5, 5.41) is 17.6. The van der Waals surface area contributed by atoms with E-state index in [4.69, 9.17) is 0 Å². The molecule has 11 rings (SSSR count). The van der Waals surface area contributed by atoms with Crippen molar-refractivity contribution in [2.24, 2.45) is 0 Å². The SMILES string of the molecule is N#Cc1ccc2c(c1)C1(c3ccccc3Sc3c(-c4c5ccccc5c(-c5cccc6ccccc56)c5ccccc45)cccc31)c1ccccc1-2. The van der Waals surface area contributed by atoms with E-state index in [-0.39, 0.29) is 0 Å². The van der Waals surface area contributed by atoms with Gasteiger partial charge in [-0.15, -0.1) is 0 Å². The number of hydrogen-bond acceptors (Lipinski definition) is 2. The second-order valence-electron chi connectivity index (χ2n) is 13.8. The van der Waals surface area contributed by atoms with Gasteiger partial charge in [0.2, 0.25) is 0 Å². The Balaban J connectivity index is 1.28. The van der Waals surface area contributed by atoms with Crippen molar-refractivity contribution in [3.63, 3.8) is 0 Å². The van der Waals surface area contributed by atoms with Crippen molar-refractivity contribution in [1.29, 1.82) is 5.26 Å². The molecule has 1 atom stereocenters. The summed E-state index contributed by atoms with van der Waals surface area (Å²) >= 11 is 1.88. The lowest BCUT2D eigenvalue weighted by molar-refractivity contribution is 0.723. The number of benzene rings is 9. The normalized spacial score (nSPS) is 15.3. The first-order valence-corrected chi connectivity index (χ1v) is 18.6. The van der Waals surface area contributed by atoms with Crippen LogP contribution in [0.25, 0.3) is 65.7 Å². The Bertz CT molecular complexity index is 2960. The van der Waals surface area contributed by atoms with Crippen molar-refractivity contribution in [2.45, 2.75) is 15.2 Å². The second kappa shape index (κ2) is 11.0. The standard InChI is InChI=1S/C50H29NS/c51-30-31-27-28-35-34-16-7-8-23-42(34)50(45(35)29-31)43-24-9-10-26-46(43)52-49-41(22-12-25-44(49)50)48-39-19-5-3-17-37(39)47(38-18-4-6-20-40(38)48)36-21-11-14-32-13-1-2-15-33(32)36/h1-29H. The Morgan fingerprint density at radius 2 is 0.923 bits per heavy atom. The summed E-state index contributed by atoms with van der Waals surface area (Å²) in [4.78, 5) is 2.51. The largest absolute Gasteiger partial charge is 0.192 e. The zero-order valence-corrected chi connectivity index (χ0v) is 28.9. The van der Waals surface area contributed by atoms with E-state index in [9.17, 15) is 5.26 Å². The van der Waals surface area contributed by atoms with Gasteiger partial charge >= 0.3 is 0 Å². The van der Waals surface area contributed by atoms with Crippen LogP contribution in [0.1, 0.15) is 27.8 Å². The van der Waals surface area contributed by atoms with E-state index < -0.39 is 5.41 Å². The van der Waals surface area contributed by atoms with Gasteiger partial charge in [0.15, 0.2) is 0 Å². The van der Waals surface area contributed by atoms with Crippen LogP contribution in [0, 0.1) is 11.3 Å². The van der Waals surface area contributed by atoms with Crippen LogP contribution in [0.2, 0.25) is 0 Å². The van der Waals surface area contributed by atoms with Crippen molar-refractivity contribution in [1.82, 2.24) is 0 Å². The van der Waals surface area contributed by atoms with Gasteiger partial charge in [-0.25, -0.2) is 0 Å². The minimum atomic E-state index is -0.569. The van der Waals surface area contributed by atoms with Gasteiger partial charge in [-0.3, -0.25) is 0 Å². The maximum absolute atomic E-state index is 10.2. The first-order valence-electron chi connectivity index (χ1n) is 17.7. The van der Waals surface area contributed by atoms with Crippen molar-refractivity contribution in [3.05, 3.63) is 204 Å². The lowest BCUT2D eigenvalue weighted by atomic mass is 9.66. The molecule has 1 unspecified atom stereocenters. The molecule has 0 radical (unpaired) electrons. The van der Waals surface area contributed by atoms with Crippen LogP contribution in [-0.2, 0) is 5.41 Å². The molecule has 1 heterocycles. The van der Waals surface area contributed by atoms with E-state index >= 15 is 0 Å². The Labute approximate surface area is 306 Å². The van der Waals surface area contributed by atoms with Crippen LogP contribution >= 0.6 is 11.8 Å². The summed E-state index contributed by atoms with van der Waals surface area (Å²) in [5.74, 6) is 0. The molecule has 2 aliphatic rings. The zero-order chi connectivity index (χ0) is 34.4. The Morgan fingerprint density at radius 3 is 1.67 bits per heavy atom. The van der Waals surface area contributed by atoms with Crippen LogP contribution < -0.4 is 0 Å². The molecule has 0 saturated heterocycles. The number of nitrogens with zero attached hydrogens (tertiary/aromatic N) is 1. The fourth-order valence-electron chi connectivity index (χ4n) is 9.34. The highest BCUT2D eigenvalue weighted by atomic mass is 32.2. The van der Waals surface area contributed by atoms with Gasteiger partial charge < -0.3 is 0 Å². The van der Waals surface area contributed by atoms with E-state index in [2.05, 4.69) is 176 Å². The highest BCUT2D eigenvalue weighted by Gasteiger charge is 2.50. The predicted molar refractivity (Wildman–Crippen MR) is 216 cm³/mol. The summed E-state index contributed by atoms with van der Waals surface area (Å²) in [6, 6.07) is 66.7. The predicted octanol–water partition coefficient (Wildman–Crippen LogP) is 13.2. The van der Waals surface area contributed by atoms with E-state index in [1.54, 1.807) is 0 Å². The lowest BCUT2D eigenvalue weighted by Crippen LogP contribution is -2.32. The third-order valence-corrected chi connectivity index (χ3v) is 12.6. The molecule has 0 fully saturated rings. The summed E-state index contributed by atoms with van der Waals surface area (Å²) in [6.45, 7) is 0. The molecule has 9 aromatic rings. The molecule has 240 valence electrons. The zero-order valence-electron chi connectivity index (χ0n) is 28.1. The fourth-order valence-corrected chi connectivity index (χ4v) is 10.6. The first-order chi connectivity index (χ1) is 25.8. The van der Waals surface area contributed by atoms with Crippen LogP contribution in [0.5, 0.6) is 0 Å². The van der Waals surface area contributed by atoms with Gasteiger partial charge in [-0.2, -0.15) is 5.26 Å². The van der Waals surface area contributed by atoms with E-state index in [0.717, 1.165) is 0 Å². The maximum Gasteiger partial charge on any atom is 0.0991 e. The third-order valence-electron chi connectivity index (χ3n) is 11.4. The van der Waals surface area contributed by atoms with Crippen LogP contribution in [0.4, 0.5) is 0 Å². The third kappa shape index (κ3) is 3.84. The van der Waals surface area contributed by atoms with Gasteiger partial charge in [0.25, 0.3) is 0 Å². The molecule has 2 heteroatoms. The van der Waals surface area contributed by atoms with Gasteiger partial charge in [0.05, 0.1) is 17.0 Å². The minimum Gasteiger partial charge on any atom is -0.192 e. The Hall–Kier alpha value is -6.40. The van der Waals surface area contributed by atoms with E-state index in [1.807, 2.05) is 17.8 Å². The van der Waals surface area contributed by atoms with Crippen LogP contribution in [-0.4, -0.2) is 0 Å². The molecule has 0 saturated carbocycles. The second-order valence-corrected chi connectivity index (χ2v) is 14.9. The lowest BCUT2D eigenvalue weighted by Gasteiger charge is -2.40. The van der Waals surface area contributed by atoms with E-state index in [1.165, 1.54) is 97.7 Å². The molecule has 1 spiro atoms. The van der Waals surface area contributed by atoms with Crippen molar-refractivity contribution in [3.8, 4) is 39.4 Å². The Morgan fingerprint density at radius 1 is 0.404 bits per heavy atom. The molecule has 52 heavy (non-hydrogen) atoms. The minimum absolute atomic E-state index is 0.569. The highest BCUT2D eigenvalue weighted by molar-refractivity contribution is 7.99. The number of rotatable bonds is 2. The number of nitriles is 1. The molecule has 9 aromatic carbocycles. The average Bonchev–Trinajstić information content (AvgIpc) is 3.49. The van der Waals surface area contributed by atoms with Gasteiger partial charge in [0, 0.05) is 9.79 Å². The maximum atomic E-state index is 10.2. The van der Waals surface area contributed by atoms with Crippen molar-refractivity contribution in [2.75, 3.05) is 0 Å². The molecule has 1 aliphatic carbocycles.